The van der Waals surface area contributed by atoms with Crippen LogP contribution >= 0.6 is 11.8 Å². The lowest BCUT2D eigenvalue weighted by Gasteiger charge is -2.04. The minimum Gasteiger partial charge on any atom is -0.293 e. The third-order valence-corrected chi connectivity index (χ3v) is 2.89. The molecule has 0 atom stereocenters. The van der Waals surface area contributed by atoms with E-state index in [-0.39, 0.29) is 22.7 Å². The van der Waals surface area contributed by atoms with Gasteiger partial charge in [0.15, 0.2) is 17.4 Å². The topological polar surface area (TPSA) is 17.1 Å². The zero-order valence-electron chi connectivity index (χ0n) is 8.64. The second-order valence-electron chi connectivity index (χ2n) is 3.12. The van der Waals surface area contributed by atoms with Crippen molar-refractivity contribution in [3.8, 4) is 0 Å². The van der Waals surface area contributed by atoms with E-state index in [4.69, 9.17) is 0 Å². The van der Waals surface area contributed by atoms with Gasteiger partial charge in [-0.3, -0.25) is 4.79 Å². The minimum absolute atomic E-state index is 0.154. The number of Topliss-reactive ketones (excluding diaryl/α,β-unsaturated/α-hetero) is 1. The van der Waals surface area contributed by atoms with E-state index < -0.39 is 11.6 Å². The van der Waals surface area contributed by atoms with Crippen LogP contribution in [0.1, 0.15) is 22.8 Å². The summed E-state index contributed by atoms with van der Waals surface area (Å²) < 4.78 is 26.5. The lowest BCUT2D eigenvalue weighted by Crippen LogP contribution is -2.08. The monoisotopic (exact) mass is 230 g/mol. The molecule has 0 radical (unpaired) electrons. The molecule has 0 aromatic heterocycles. The van der Waals surface area contributed by atoms with Crippen LogP contribution in [0.3, 0.4) is 0 Å². The molecule has 15 heavy (non-hydrogen) atoms. The predicted molar refractivity (Wildman–Crippen MR) is 58.4 cm³/mol. The van der Waals surface area contributed by atoms with Crippen LogP contribution in [0, 0.1) is 18.6 Å². The number of benzene rings is 1. The maximum Gasteiger partial charge on any atom is 0.175 e. The molecule has 0 bridgehead atoms. The maximum absolute atomic E-state index is 13.3. The SMILES string of the molecule is CCSCC(=O)c1ccc(C)c(F)c1F. The third-order valence-electron chi connectivity index (χ3n) is 2.01. The van der Waals surface area contributed by atoms with Crippen molar-refractivity contribution in [2.75, 3.05) is 11.5 Å². The number of aryl methyl sites for hydroxylation is 1. The first kappa shape index (κ1) is 12.2. The van der Waals surface area contributed by atoms with Crippen LogP contribution in [0.2, 0.25) is 0 Å². The van der Waals surface area contributed by atoms with Gasteiger partial charge < -0.3 is 0 Å². The lowest BCUT2D eigenvalue weighted by atomic mass is 10.1. The van der Waals surface area contributed by atoms with Crippen molar-refractivity contribution in [3.63, 3.8) is 0 Å². The summed E-state index contributed by atoms with van der Waals surface area (Å²) in [6.07, 6.45) is 0. The Hall–Kier alpha value is -0.900. The fraction of sp³-hybridized carbons (Fsp3) is 0.364. The van der Waals surface area contributed by atoms with E-state index in [1.54, 1.807) is 0 Å². The summed E-state index contributed by atoms with van der Waals surface area (Å²) in [5.41, 5.74) is 0.0613. The summed E-state index contributed by atoms with van der Waals surface area (Å²) in [4.78, 5) is 11.5. The van der Waals surface area contributed by atoms with Crippen molar-refractivity contribution in [1.29, 1.82) is 0 Å². The third kappa shape index (κ3) is 2.78. The van der Waals surface area contributed by atoms with Gasteiger partial charge in [0.2, 0.25) is 0 Å². The van der Waals surface area contributed by atoms with Crippen molar-refractivity contribution >= 4 is 17.5 Å². The van der Waals surface area contributed by atoms with Gasteiger partial charge in [-0.15, -0.1) is 0 Å². The summed E-state index contributed by atoms with van der Waals surface area (Å²) in [6, 6.07) is 2.76. The first-order valence-electron chi connectivity index (χ1n) is 4.63. The number of carbonyl (C=O) groups is 1. The van der Waals surface area contributed by atoms with Gasteiger partial charge in [0, 0.05) is 0 Å². The van der Waals surface area contributed by atoms with Crippen molar-refractivity contribution in [3.05, 3.63) is 34.9 Å². The zero-order valence-corrected chi connectivity index (χ0v) is 9.46. The fourth-order valence-corrected chi connectivity index (χ4v) is 1.68. The van der Waals surface area contributed by atoms with E-state index in [2.05, 4.69) is 0 Å². The van der Waals surface area contributed by atoms with Crippen molar-refractivity contribution in [1.82, 2.24) is 0 Å². The van der Waals surface area contributed by atoms with E-state index in [0.29, 0.717) is 0 Å². The first-order chi connectivity index (χ1) is 7.07. The molecule has 1 nitrogen and oxygen atoms in total. The summed E-state index contributed by atoms with van der Waals surface area (Å²) in [6.45, 7) is 3.37. The van der Waals surface area contributed by atoms with Crippen LogP contribution in [-0.2, 0) is 0 Å². The van der Waals surface area contributed by atoms with Crippen LogP contribution in [0.15, 0.2) is 12.1 Å². The zero-order chi connectivity index (χ0) is 11.4. The number of rotatable bonds is 4. The van der Waals surface area contributed by atoms with Gasteiger partial charge in [-0.1, -0.05) is 13.0 Å². The molecule has 0 aliphatic heterocycles. The van der Waals surface area contributed by atoms with E-state index in [0.717, 1.165) is 5.75 Å². The van der Waals surface area contributed by atoms with Gasteiger partial charge in [0.25, 0.3) is 0 Å². The quantitative estimate of drug-likeness (QED) is 0.739. The number of hydrogen-bond acceptors (Lipinski definition) is 2. The highest BCUT2D eigenvalue weighted by atomic mass is 32.2. The Kier molecular flexibility index (Phi) is 4.27. The second-order valence-corrected chi connectivity index (χ2v) is 4.39. The summed E-state index contributed by atoms with van der Waals surface area (Å²) >= 11 is 1.39. The standard InChI is InChI=1S/C11H12F2OS/c1-3-15-6-9(14)8-5-4-7(2)10(12)11(8)13/h4-5H,3,6H2,1-2H3. The highest BCUT2D eigenvalue weighted by Crippen LogP contribution is 2.17. The smallest absolute Gasteiger partial charge is 0.175 e. The molecule has 0 saturated carbocycles. The van der Waals surface area contributed by atoms with E-state index in [9.17, 15) is 13.6 Å². The van der Waals surface area contributed by atoms with Crippen LogP contribution < -0.4 is 0 Å². The predicted octanol–water partition coefficient (Wildman–Crippen LogP) is 3.21. The van der Waals surface area contributed by atoms with E-state index in [1.807, 2.05) is 6.92 Å². The van der Waals surface area contributed by atoms with Crippen LogP contribution in [-0.4, -0.2) is 17.3 Å². The normalized spacial score (nSPS) is 10.4. The van der Waals surface area contributed by atoms with Gasteiger partial charge in [-0.2, -0.15) is 11.8 Å². The average molecular weight is 230 g/mol. The van der Waals surface area contributed by atoms with E-state index in [1.165, 1.54) is 30.8 Å². The largest absolute Gasteiger partial charge is 0.293 e. The molecule has 0 fully saturated rings. The Labute approximate surface area is 91.9 Å². The van der Waals surface area contributed by atoms with Crippen LogP contribution in [0.4, 0.5) is 8.78 Å². The molecule has 82 valence electrons. The molecule has 0 aliphatic carbocycles. The Morgan fingerprint density at radius 1 is 1.33 bits per heavy atom. The molecule has 0 saturated heterocycles. The average Bonchev–Trinajstić information content (AvgIpc) is 2.23. The van der Waals surface area contributed by atoms with Gasteiger partial charge in [0.05, 0.1) is 11.3 Å². The highest BCUT2D eigenvalue weighted by Gasteiger charge is 2.16. The molecule has 0 spiro atoms. The molecule has 0 N–H and O–H groups in total. The molecule has 0 heterocycles. The molecular formula is C11H12F2OS. The van der Waals surface area contributed by atoms with E-state index >= 15 is 0 Å². The number of halogens is 2. The molecule has 1 rings (SSSR count). The molecule has 4 heteroatoms. The summed E-state index contributed by atoms with van der Waals surface area (Å²) in [7, 11) is 0. The number of hydrogen-bond donors (Lipinski definition) is 0. The van der Waals surface area contributed by atoms with Gasteiger partial charge in [-0.25, -0.2) is 8.78 Å². The van der Waals surface area contributed by atoms with Gasteiger partial charge in [0.1, 0.15) is 0 Å². The summed E-state index contributed by atoms with van der Waals surface area (Å²) in [5, 5.41) is 0. The molecular weight excluding hydrogens is 218 g/mol. The van der Waals surface area contributed by atoms with Crippen LogP contribution in [0.5, 0.6) is 0 Å². The molecule has 1 aromatic rings. The first-order valence-corrected chi connectivity index (χ1v) is 5.79. The maximum atomic E-state index is 13.3. The minimum atomic E-state index is -1.03. The molecule has 0 aliphatic rings. The number of carbonyl (C=O) groups excluding carboxylic acids is 1. The summed E-state index contributed by atoms with van der Waals surface area (Å²) in [5.74, 6) is -1.35. The molecule has 1 aromatic carbocycles. The van der Waals surface area contributed by atoms with Crippen molar-refractivity contribution in [2.24, 2.45) is 0 Å². The Morgan fingerprint density at radius 2 is 2.00 bits per heavy atom. The molecule has 0 amide bonds. The second kappa shape index (κ2) is 5.26. The van der Waals surface area contributed by atoms with Crippen LogP contribution in [0.25, 0.3) is 0 Å². The molecule has 0 unspecified atom stereocenters. The fourth-order valence-electron chi connectivity index (χ4n) is 1.13. The Morgan fingerprint density at radius 3 is 2.60 bits per heavy atom. The van der Waals surface area contributed by atoms with Gasteiger partial charge >= 0.3 is 0 Å². The highest BCUT2D eigenvalue weighted by molar-refractivity contribution is 7.99. The lowest BCUT2D eigenvalue weighted by molar-refractivity contribution is 0.101. The number of ketones is 1. The van der Waals surface area contributed by atoms with Crippen molar-refractivity contribution < 1.29 is 13.6 Å². The van der Waals surface area contributed by atoms with Crippen molar-refractivity contribution in [2.45, 2.75) is 13.8 Å². The van der Waals surface area contributed by atoms with Gasteiger partial charge in [-0.05, 0) is 24.3 Å². The Balaban J connectivity index is 2.95. The Bertz CT molecular complexity index is 377. The number of thioether (sulfide) groups is 1.